The third-order valence-electron chi connectivity index (χ3n) is 0.422. The second kappa shape index (κ2) is 5.65. The van der Waals surface area contributed by atoms with Crippen molar-refractivity contribution in [3.05, 3.63) is 0 Å². The Hall–Kier alpha value is -2.12. The number of carboxylic acid groups (broad SMARTS) is 2. The van der Waals surface area contributed by atoms with Crippen LogP contribution >= 0.6 is 0 Å². The summed E-state index contributed by atoms with van der Waals surface area (Å²) in [4.78, 5) is 37.1. The standard InChI is InChI=1S/2C2H3NO3/c2*3-1(4)2(5)6/h2*(H2,3,4)(H,5,6). The quantitative estimate of drug-likeness (QED) is 0.291. The molecule has 0 aliphatic rings. The molecule has 12 heavy (non-hydrogen) atoms. The van der Waals surface area contributed by atoms with Gasteiger partial charge in [-0.05, 0) is 0 Å². The fraction of sp³-hybridized carbons (Fsp3) is 0. The molecule has 0 bridgehead atoms. The first-order chi connectivity index (χ1) is 5.29. The zero-order chi connectivity index (χ0) is 10.3. The van der Waals surface area contributed by atoms with E-state index in [2.05, 4.69) is 11.5 Å². The van der Waals surface area contributed by atoms with Crippen molar-refractivity contribution in [2.24, 2.45) is 11.5 Å². The van der Waals surface area contributed by atoms with Crippen LogP contribution in [0.5, 0.6) is 0 Å². The normalized spacial score (nSPS) is 7.33. The highest BCUT2D eigenvalue weighted by Crippen LogP contribution is 1.51. The summed E-state index contributed by atoms with van der Waals surface area (Å²) in [5.41, 5.74) is 8.39. The van der Waals surface area contributed by atoms with Crippen LogP contribution in [0, 0.1) is 0 Å². The van der Waals surface area contributed by atoms with Crippen LogP contribution in [0.1, 0.15) is 0 Å². The Bertz CT molecular complexity index is 174. The van der Waals surface area contributed by atoms with E-state index in [1.807, 2.05) is 0 Å². The molecule has 8 heteroatoms. The highest BCUT2D eigenvalue weighted by Gasteiger charge is 2.00. The van der Waals surface area contributed by atoms with Gasteiger partial charge in [0.15, 0.2) is 0 Å². The van der Waals surface area contributed by atoms with Crippen LogP contribution in [0.25, 0.3) is 0 Å². The molecule has 0 rings (SSSR count). The number of amides is 2. The first-order valence-corrected chi connectivity index (χ1v) is 2.34. The first-order valence-electron chi connectivity index (χ1n) is 2.34. The molecule has 0 saturated heterocycles. The molecule has 0 spiro atoms. The maximum absolute atomic E-state index is 9.32. The number of hydrogen-bond donors (Lipinski definition) is 4. The van der Waals surface area contributed by atoms with E-state index >= 15 is 0 Å². The molecule has 0 unspecified atom stereocenters. The maximum Gasteiger partial charge on any atom is 0.394 e. The Balaban J connectivity index is 0. The topological polar surface area (TPSA) is 161 Å². The average Bonchev–Trinajstić information content (AvgIpc) is 1.88. The Morgan fingerprint density at radius 3 is 0.833 bits per heavy atom. The molecule has 6 N–H and O–H groups in total. The van der Waals surface area contributed by atoms with Gasteiger partial charge in [-0.15, -0.1) is 0 Å². The summed E-state index contributed by atoms with van der Waals surface area (Å²) in [6.07, 6.45) is 0. The van der Waals surface area contributed by atoms with E-state index in [1.54, 1.807) is 0 Å². The van der Waals surface area contributed by atoms with Gasteiger partial charge in [0.1, 0.15) is 0 Å². The van der Waals surface area contributed by atoms with E-state index in [1.165, 1.54) is 0 Å². The fourth-order valence-corrected chi connectivity index (χ4v) is 0. The number of hydrogen-bond acceptors (Lipinski definition) is 4. The van der Waals surface area contributed by atoms with E-state index in [0.29, 0.717) is 0 Å². The van der Waals surface area contributed by atoms with Gasteiger partial charge in [-0.25, -0.2) is 9.59 Å². The second-order valence-electron chi connectivity index (χ2n) is 1.34. The molecule has 0 aromatic carbocycles. The number of primary amides is 2. The number of aliphatic carboxylic acids is 2. The summed E-state index contributed by atoms with van der Waals surface area (Å²) >= 11 is 0. The minimum absolute atomic E-state index is 1.32. The van der Waals surface area contributed by atoms with Crippen LogP contribution in [0.15, 0.2) is 0 Å². The third-order valence-corrected chi connectivity index (χ3v) is 0.422. The smallest absolute Gasteiger partial charge is 0.394 e. The zero-order valence-electron chi connectivity index (χ0n) is 5.68. The predicted molar refractivity (Wildman–Crippen MR) is 33.7 cm³/mol. The molecule has 0 aliphatic heterocycles. The van der Waals surface area contributed by atoms with Crippen LogP contribution in [0.3, 0.4) is 0 Å². The van der Waals surface area contributed by atoms with E-state index in [9.17, 15) is 19.2 Å². The SMILES string of the molecule is NC(=O)C(=O)O.NC(=O)C(=O)O. The molecular formula is C4H6N2O6. The van der Waals surface area contributed by atoms with E-state index in [0.717, 1.165) is 0 Å². The molecular weight excluding hydrogens is 172 g/mol. The first kappa shape index (κ1) is 12.5. The lowest BCUT2D eigenvalue weighted by Gasteiger charge is -1.74. The van der Waals surface area contributed by atoms with Gasteiger partial charge >= 0.3 is 23.8 Å². The average molecular weight is 178 g/mol. The van der Waals surface area contributed by atoms with E-state index < -0.39 is 23.8 Å². The highest BCUT2D eigenvalue weighted by atomic mass is 16.4. The van der Waals surface area contributed by atoms with Crippen molar-refractivity contribution in [3.8, 4) is 0 Å². The van der Waals surface area contributed by atoms with Crippen LogP contribution in [-0.4, -0.2) is 34.0 Å². The van der Waals surface area contributed by atoms with Crippen molar-refractivity contribution in [2.75, 3.05) is 0 Å². The lowest BCUT2D eigenvalue weighted by atomic mass is 10.7. The molecule has 8 nitrogen and oxygen atoms in total. The second-order valence-corrected chi connectivity index (χ2v) is 1.34. The van der Waals surface area contributed by atoms with Gasteiger partial charge in [-0.2, -0.15) is 0 Å². The van der Waals surface area contributed by atoms with Crippen LogP contribution in [0.2, 0.25) is 0 Å². The Morgan fingerprint density at radius 1 is 0.750 bits per heavy atom. The summed E-state index contributed by atoms with van der Waals surface area (Å²) in [6, 6.07) is 0. The minimum Gasteiger partial charge on any atom is -0.474 e. The Labute approximate surface area is 65.8 Å². The van der Waals surface area contributed by atoms with Crippen molar-refractivity contribution in [3.63, 3.8) is 0 Å². The number of carbonyl (C=O) groups excluding carboxylic acids is 2. The van der Waals surface area contributed by atoms with Crippen LogP contribution < -0.4 is 11.5 Å². The molecule has 68 valence electrons. The van der Waals surface area contributed by atoms with Crippen molar-refractivity contribution in [1.82, 2.24) is 0 Å². The monoisotopic (exact) mass is 178 g/mol. The molecule has 0 heterocycles. The lowest BCUT2D eigenvalue weighted by molar-refractivity contribution is -0.148. The van der Waals surface area contributed by atoms with Gasteiger partial charge in [-0.3, -0.25) is 9.59 Å². The molecule has 0 atom stereocenters. The van der Waals surface area contributed by atoms with Crippen molar-refractivity contribution < 1.29 is 29.4 Å². The fourth-order valence-electron chi connectivity index (χ4n) is 0. The van der Waals surface area contributed by atoms with Gasteiger partial charge < -0.3 is 21.7 Å². The summed E-state index contributed by atoms with van der Waals surface area (Å²) in [7, 11) is 0. The molecule has 0 aliphatic carbocycles. The Kier molecular flexibility index (Phi) is 5.91. The Morgan fingerprint density at radius 2 is 0.833 bits per heavy atom. The summed E-state index contributed by atoms with van der Waals surface area (Å²) < 4.78 is 0. The van der Waals surface area contributed by atoms with E-state index in [-0.39, 0.29) is 0 Å². The van der Waals surface area contributed by atoms with Gasteiger partial charge in [0.05, 0.1) is 0 Å². The number of rotatable bonds is 0. The van der Waals surface area contributed by atoms with Gasteiger partial charge in [0, 0.05) is 0 Å². The molecule has 0 fully saturated rings. The van der Waals surface area contributed by atoms with E-state index in [4.69, 9.17) is 10.2 Å². The lowest BCUT2D eigenvalue weighted by Crippen LogP contribution is -2.21. The predicted octanol–water partition coefficient (Wildman–Crippen LogP) is -2.89. The van der Waals surface area contributed by atoms with Gasteiger partial charge in [0.2, 0.25) is 0 Å². The van der Waals surface area contributed by atoms with Crippen molar-refractivity contribution in [1.29, 1.82) is 0 Å². The minimum atomic E-state index is -1.60. The van der Waals surface area contributed by atoms with Gasteiger partial charge in [0.25, 0.3) is 0 Å². The van der Waals surface area contributed by atoms with Gasteiger partial charge in [-0.1, -0.05) is 0 Å². The maximum atomic E-state index is 9.32. The molecule has 0 aromatic heterocycles. The van der Waals surface area contributed by atoms with Crippen molar-refractivity contribution in [2.45, 2.75) is 0 Å². The molecule has 0 saturated carbocycles. The van der Waals surface area contributed by atoms with Crippen molar-refractivity contribution >= 4 is 23.8 Å². The number of carbonyl (C=O) groups is 4. The summed E-state index contributed by atoms with van der Waals surface area (Å²) in [6.45, 7) is 0. The highest BCUT2D eigenvalue weighted by molar-refractivity contribution is 6.31. The summed E-state index contributed by atoms with van der Waals surface area (Å²) in [5, 5.41) is 15.0. The summed E-state index contributed by atoms with van der Waals surface area (Å²) in [5.74, 6) is -5.85. The zero-order valence-corrected chi connectivity index (χ0v) is 5.68. The largest absolute Gasteiger partial charge is 0.474 e. The molecule has 2 amide bonds. The van der Waals surface area contributed by atoms with Crippen LogP contribution in [0.4, 0.5) is 0 Å². The third kappa shape index (κ3) is 10.8. The molecule has 0 aromatic rings. The number of carboxylic acids is 2. The molecule has 0 radical (unpaired) electrons. The van der Waals surface area contributed by atoms with Crippen LogP contribution in [-0.2, 0) is 19.2 Å². The number of nitrogens with two attached hydrogens (primary N) is 2.